The molecule has 0 saturated heterocycles. The lowest BCUT2D eigenvalue weighted by Gasteiger charge is -2.32. The van der Waals surface area contributed by atoms with Gasteiger partial charge in [0.15, 0.2) is 0 Å². The molecule has 1 saturated carbocycles. The third-order valence-corrected chi connectivity index (χ3v) is 6.75. The summed E-state index contributed by atoms with van der Waals surface area (Å²) in [5.74, 6) is 0. The van der Waals surface area contributed by atoms with Crippen LogP contribution in [0, 0.1) is 12.3 Å². The van der Waals surface area contributed by atoms with Crippen LogP contribution in [0.25, 0.3) is 0 Å². The number of halogens is 2. The van der Waals surface area contributed by atoms with Gasteiger partial charge in [0.25, 0.3) is 0 Å². The van der Waals surface area contributed by atoms with Crippen molar-refractivity contribution in [2.24, 2.45) is 5.41 Å². The van der Waals surface area contributed by atoms with Crippen LogP contribution in [0.2, 0.25) is 0 Å². The molecule has 0 aromatic carbocycles. The molecule has 0 radical (unpaired) electrons. The normalized spacial score (nSPS) is 21.2. The van der Waals surface area contributed by atoms with Gasteiger partial charge in [0.05, 0.1) is 5.38 Å². The van der Waals surface area contributed by atoms with Gasteiger partial charge in [0, 0.05) is 14.2 Å². The Hall–Kier alpha value is 0.470. The predicted molar refractivity (Wildman–Crippen MR) is 76.5 cm³/mol. The molecule has 16 heavy (non-hydrogen) atoms. The van der Waals surface area contributed by atoms with Gasteiger partial charge in [0.2, 0.25) is 0 Å². The Bertz CT molecular complexity index is 366. The van der Waals surface area contributed by atoms with Crippen LogP contribution in [0.3, 0.4) is 0 Å². The van der Waals surface area contributed by atoms with Crippen LogP contribution >= 0.6 is 38.9 Å². The maximum atomic E-state index is 6.77. The molecule has 2 rings (SSSR count). The van der Waals surface area contributed by atoms with Crippen molar-refractivity contribution in [3.8, 4) is 0 Å². The average Bonchev–Trinajstić information content (AvgIpc) is 2.85. The topological polar surface area (TPSA) is 0 Å². The Morgan fingerprint density at radius 3 is 2.56 bits per heavy atom. The van der Waals surface area contributed by atoms with Crippen molar-refractivity contribution in [1.29, 1.82) is 0 Å². The molecule has 1 aliphatic carbocycles. The summed E-state index contributed by atoms with van der Waals surface area (Å²) >= 11 is 12.3. The monoisotopic (exact) mass is 320 g/mol. The maximum absolute atomic E-state index is 6.77. The number of hydrogen-bond acceptors (Lipinski definition) is 1. The lowest BCUT2D eigenvalue weighted by Crippen LogP contribution is -2.21. The molecule has 3 heteroatoms. The Kier molecular flexibility index (Phi) is 4.03. The molecule has 1 aliphatic rings. The van der Waals surface area contributed by atoms with E-state index in [9.17, 15) is 0 Å². The van der Waals surface area contributed by atoms with E-state index in [0.29, 0.717) is 5.41 Å². The van der Waals surface area contributed by atoms with Gasteiger partial charge >= 0.3 is 0 Å². The lowest BCUT2D eigenvalue weighted by molar-refractivity contribution is 0.273. The van der Waals surface area contributed by atoms with Gasteiger partial charge in [-0.3, -0.25) is 0 Å². The van der Waals surface area contributed by atoms with Crippen molar-refractivity contribution in [1.82, 2.24) is 0 Å². The van der Waals surface area contributed by atoms with Gasteiger partial charge in [-0.2, -0.15) is 0 Å². The van der Waals surface area contributed by atoms with Crippen molar-refractivity contribution in [2.45, 2.75) is 51.3 Å². The Labute approximate surface area is 116 Å². The number of hydrogen-bond donors (Lipinski definition) is 0. The summed E-state index contributed by atoms with van der Waals surface area (Å²) in [6.07, 6.45) is 6.48. The van der Waals surface area contributed by atoms with Crippen LogP contribution in [0.15, 0.2) is 10.5 Å². The highest BCUT2D eigenvalue weighted by atomic mass is 79.9. The fraction of sp³-hybridized carbons (Fsp3) is 0.692. The second-order valence-electron chi connectivity index (χ2n) is 4.85. The van der Waals surface area contributed by atoms with E-state index in [-0.39, 0.29) is 5.38 Å². The molecular formula is C13H18BrClS. The van der Waals surface area contributed by atoms with Crippen LogP contribution < -0.4 is 0 Å². The summed E-state index contributed by atoms with van der Waals surface area (Å²) in [5, 5.41) is 0.188. The van der Waals surface area contributed by atoms with Crippen molar-refractivity contribution in [3.63, 3.8) is 0 Å². The zero-order valence-electron chi connectivity index (χ0n) is 9.85. The van der Waals surface area contributed by atoms with E-state index in [2.05, 4.69) is 35.8 Å². The smallest absolute Gasteiger partial charge is 0.0746 e. The van der Waals surface area contributed by atoms with Gasteiger partial charge in [0.1, 0.15) is 0 Å². The lowest BCUT2D eigenvalue weighted by atomic mass is 9.79. The van der Waals surface area contributed by atoms with E-state index >= 15 is 0 Å². The van der Waals surface area contributed by atoms with Crippen LogP contribution in [0.5, 0.6) is 0 Å². The molecule has 0 amide bonds. The van der Waals surface area contributed by atoms with Crippen molar-refractivity contribution < 1.29 is 0 Å². The van der Waals surface area contributed by atoms with Gasteiger partial charge in [-0.1, -0.05) is 19.8 Å². The van der Waals surface area contributed by atoms with Crippen LogP contribution in [-0.4, -0.2) is 0 Å². The summed E-state index contributed by atoms with van der Waals surface area (Å²) in [7, 11) is 0. The number of rotatable bonds is 3. The Morgan fingerprint density at radius 1 is 1.50 bits per heavy atom. The molecule has 0 bridgehead atoms. The number of aryl methyl sites for hydroxylation is 1. The van der Waals surface area contributed by atoms with E-state index in [1.165, 1.54) is 46.3 Å². The average molecular weight is 322 g/mol. The summed E-state index contributed by atoms with van der Waals surface area (Å²) in [6.45, 7) is 4.44. The molecule has 1 atom stereocenters. The summed E-state index contributed by atoms with van der Waals surface area (Å²) in [6, 6.07) is 2.19. The molecule has 1 aromatic rings. The van der Waals surface area contributed by atoms with Gasteiger partial charge in [-0.25, -0.2) is 0 Å². The van der Waals surface area contributed by atoms with Crippen LogP contribution in [0.1, 0.15) is 54.2 Å². The molecular weight excluding hydrogens is 304 g/mol. The maximum Gasteiger partial charge on any atom is 0.0746 e. The second kappa shape index (κ2) is 4.99. The summed E-state index contributed by atoms with van der Waals surface area (Å²) < 4.78 is 1.20. The fourth-order valence-electron chi connectivity index (χ4n) is 2.82. The molecule has 1 fully saturated rings. The van der Waals surface area contributed by atoms with Crippen molar-refractivity contribution >= 4 is 38.9 Å². The highest BCUT2D eigenvalue weighted by Crippen LogP contribution is 2.55. The van der Waals surface area contributed by atoms with E-state index in [0.717, 1.165) is 0 Å². The van der Waals surface area contributed by atoms with E-state index in [4.69, 9.17) is 11.6 Å². The fourth-order valence-corrected chi connectivity index (χ4v) is 5.57. The van der Waals surface area contributed by atoms with Gasteiger partial charge in [-0.15, -0.1) is 22.9 Å². The standard InChI is InChI=1S/C13H18BrClS/c1-3-13(6-4-5-7-13)12(15)11-10(14)8-9(2)16-11/h8,12H,3-7H2,1-2H3. The van der Waals surface area contributed by atoms with E-state index in [1.54, 1.807) is 0 Å². The first-order chi connectivity index (χ1) is 7.59. The first-order valence-electron chi connectivity index (χ1n) is 5.99. The highest BCUT2D eigenvalue weighted by Gasteiger charge is 2.40. The first kappa shape index (κ1) is 12.9. The quantitative estimate of drug-likeness (QED) is 0.593. The molecule has 90 valence electrons. The summed E-state index contributed by atoms with van der Waals surface area (Å²) in [5.41, 5.74) is 0.349. The predicted octanol–water partition coefficient (Wildman–Crippen LogP) is 6.07. The minimum atomic E-state index is 0.188. The third-order valence-electron chi connectivity index (χ3n) is 3.91. The largest absolute Gasteiger partial charge is 0.143 e. The minimum Gasteiger partial charge on any atom is -0.143 e. The Balaban J connectivity index is 2.29. The van der Waals surface area contributed by atoms with E-state index < -0.39 is 0 Å². The highest BCUT2D eigenvalue weighted by molar-refractivity contribution is 9.10. The first-order valence-corrected chi connectivity index (χ1v) is 8.03. The zero-order chi connectivity index (χ0) is 11.8. The van der Waals surface area contributed by atoms with Crippen molar-refractivity contribution in [2.75, 3.05) is 0 Å². The van der Waals surface area contributed by atoms with Crippen LogP contribution in [-0.2, 0) is 0 Å². The zero-order valence-corrected chi connectivity index (χ0v) is 13.0. The minimum absolute atomic E-state index is 0.188. The molecule has 1 unspecified atom stereocenters. The number of thiophene rings is 1. The van der Waals surface area contributed by atoms with Gasteiger partial charge in [-0.05, 0) is 53.6 Å². The molecule has 0 N–H and O–H groups in total. The van der Waals surface area contributed by atoms with Gasteiger partial charge < -0.3 is 0 Å². The second-order valence-corrected chi connectivity index (χ2v) is 7.43. The molecule has 0 spiro atoms. The van der Waals surface area contributed by atoms with Crippen LogP contribution in [0.4, 0.5) is 0 Å². The van der Waals surface area contributed by atoms with Crippen molar-refractivity contribution in [3.05, 3.63) is 20.3 Å². The molecule has 0 nitrogen and oxygen atoms in total. The number of alkyl halides is 1. The SMILES string of the molecule is CCC1(C(Cl)c2sc(C)cc2Br)CCCC1. The molecule has 0 aliphatic heterocycles. The summed E-state index contributed by atoms with van der Waals surface area (Å²) in [4.78, 5) is 2.68. The molecule has 1 aromatic heterocycles. The third kappa shape index (κ3) is 2.21. The Morgan fingerprint density at radius 2 is 2.12 bits per heavy atom. The molecule has 1 heterocycles. The van der Waals surface area contributed by atoms with E-state index in [1.807, 2.05) is 11.3 Å².